The van der Waals surface area contributed by atoms with E-state index in [0.29, 0.717) is 6.42 Å². The van der Waals surface area contributed by atoms with Crippen LogP contribution in [0.15, 0.2) is 22.7 Å². The van der Waals surface area contributed by atoms with Gasteiger partial charge in [0, 0.05) is 5.56 Å². The minimum Gasteiger partial charge on any atom is -0.493 e. The highest BCUT2D eigenvalue weighted by atomic mass is 16.5. The first kappa shape index (κ1) is 16.6. The third-order valence-electron chi connectivity index (χ3n) is 4.45. The van der Waals surface area contributed by atoms with Gasteiger partial charge in [0.15, 0.2) is 0 Å². The van der Waals surface area contributed by atoms with Crippen molar-refractivity contribution >= 4 is 5.91 Å². The van der Waals surface area contributed by atoms with Crippen molar-refractivity contribution in [3.05, 3.63) is 46.3 Å². The standard InChI is InChI=1S/C19H24N2O3/c1-12-18(13(2)24-21-12)19(3,4)20-17(22)11-14-7-8-16-15(10-14)6-5-9-23-16/h7-8,10H,5-6,9,11H2,1-4H3,(H,20,22). The molecule has 2 aromatic rings. The maximum atomic E-state index is 12.5. The van der Waals surface area contributed by atoms with E-state index in [4.69, 9.17) is 9.26 Å². The van der Waals surface area contributed by atoms with E-state index >= 15 is 0 Å². The lowest BCUT2D eigenvalue weighted by atomic mass is 9.92. The molecule has 5 nitrogen and oxygen atoms in total. The number of rotatable bonds is 4. The summed E-state index contributed by atoms with van der Waals surface area (Å²) in [6, 6.07) is 6.01. The highest BCUT2D eigenvalue weighted by Crippen LogP contribution is 2.28. The maximum absolute atomic E-state index is 12.5. The van der Waals surface area contributed by atoms with Gasteiger partial charge in [-0.25, -0.2) is 0 Å². The van der Waals surface area contributed by atoms with Crippen LogP contribution in [0.1, 0.15) is 48.4 Å². The largest absolute Gasteiger partial charge is 0.493 e. The van der Waals surface area contributed by atoms with Crippen LogP contribution in [-0.2, 0) is 23.2 Å². The fourth-order valence-electron chi connectivity index (χ4n) is 3.54. The summed E-state index contributed by atoms with van der Waals surface area (Å²) >= 11 is 0. The number of aromatic nitrogens is 1. The topological polar surface area (TPSA) is 64.4 Å². The molecule has 0 fully saturated rings. The van der Waals surface area contributed by atoms with E-state index in [1.165, 1.54) is 5.56 Å². The zero-order chi connectivity index (χ0) is 17.3. The number of aryl methyl sites for hydroxylation is 3. The molecule has 0 bridgehead atoms. The van der Waals surface area contributed by atoms with Gasteiger partial charge >= 0.3 is 0 Å². The fourth-order valence-corrected chi connectivity index (χ4v) is 3.54. The van der Waals surface area contributed by atoms with Crippen molar-refractivity contribution in [2.24, 2.45) is 0 Å². The molecule has 0 aliphatic carbocycles. The number of nitrogens with zero attached hydrogens (tertiary/aromatic N) is 1. The van der Waals surface area contributed by atoms with Crippen LogP contribution in [0.25, 0.3) is 0 Å². The van der Waals surface area contributed by atoms with Gasteiger partial charge in [0.2, 0.25) is 5.91 Å². The molecule has 1 aromatic carbocycles. The molecular formula is C19H24N2O3. The molecule has 1 aliphatic rings. The second-order valence-electron chi connectivity index (χ2n) is 6.94. The van der Waals surface area contributed by atoms with E-state index in [0.717, 1.165) is 47.8 Å². The molecule has 0 saturated heterocycles. The first-order valence-corrected chi connectivity index (χ1v) is 8.36. The highest BCUT2D eigenvalue weighted by molar-refractivity contribution is 5.79. The average molecular weight is 328 g/mol. The quantitative estimate of drug-likeness (QED) is 0.936. The fraction of sp³-hybridized carbons (Fsp3) is 0.474. The molecule has 0 saturated carbocycles. The summed E-state index contributed by atoms with van der Waals surface area (Å²) in [5.41, 5.74) is 3.42. The van der Waals surface area contributed by atoms with E-state index in [2.05, 4.69) is 16.5 Å². The smallest absolute Gasteiger partial charge is 0.225 e. The molecule has 1 N–H and O–H groups in total. The molecule has 3 rings (SSSR count). The van der Waals surface area contributed by atoms with E-state index in [9.17, 15) is 4.79 Å². The molecule has 1 amide bonds. The van der Waals surface area contributed by atoms with Crippen molar-refractivity contribution in [1.82, 2.24) is 10.5 Å². The number of carbonyl (C=O) groups excluding carboxylic acids is 1. The number of nitrogens with one attached hydrogen (secondary N) is 1. The molecule has 1 aromatic heterocycles. The normalized spacial score (nSPS) is 14.0. The van der Waals surface area contributed by atoms with Gasteiger partial charge < -0.3 is 14.6 Å². The lowest BCUT2D eigenvalue weighted by Crippen LogP contribution is -2.42. The summed E-state index contributed by atoms with van der Waals surface area (Å²) in [5, 5.41) is 7.08. The second-order valence-corrected chi connectivity index (χ2v) is 6.94. The van der Waals surface area contributed by atoms with Crippen molar-refractivity contribution in [2.75, 3.05) is 6.61 Å². The van der Waals surface area contributed by atoms with Gasteiger partial charge in [-0.3, -0.25) is 4.79 Å². The summed E-state index contributed by atoms with van der Waals surface area (Å²) in [6.45, 7) is 8.48. The Kier molecular flexibility index (Phi) is 4.35. The van der Waals surface area contributed by atoms with Gasteiger partial charge in [-0.05, 0) is 57.7 Å². The van der Waals surface area contributed by atoms with Gasteiger partial charge in [-0.2, -0.15) is 0 Å². The molecule has 0 spiro atoms. The van der Waals surface area contributed by atoms with Crippen LogP contribution in [0, 0.1) is 13.8 Å². The van der Waals surface area contributed by atoms with E-state index in [1.54, 1.807) is 0 Å². The van der Waals surface area contributed by atoms with Crippen molar-refractivity contribution in [3.63, 3.8) is 0 Å². The molecule has 5 heteroatoms. The molecule has 1 aliphatic heterocycles. The number of ether oxygens (including phenoxy) is 1. The summed E-state index contributed by atoms with van der Waals surface area (Å²) in [7, 11) is 0. The Balaban J connectivity index is 1.71. The van der Waals surface area contributed by atoms with Crippen LogP contribution in [0.5, 0.6) is 5.75 Å². The van der Waals surface area contributed by atoms with Crippen molar-refractivity contribution in [2.45, 2.75) is 52.5 Å². The maximum Gasteiger partial charge on any atom is 0.225 e. The Morgan fingerprint density at radius 1 is 1.33 bits per heavy atom. The Labute approximate surface area is 142 Å². The van der Waals surface area contributed by atoms with Crippen LogP contribution in [0.3, 0.4) is 0 Å². The Morgan fingerprint density at radius 3 is 2.83 bits per heavy atom. The minimum absolute atomic E-state index is 0.0170. The number of fused-ring (bicyclic) bond motifs is 1. The van der Waals surface area contributed by atoms with Gasteiger partial charge in [0.1, 0.15) is 11.5 Å². The van der Waals surface area contributed by atoms with Crippen LogP contribution in [0.4, 0.5) is 0 Å². The van der Waals surface area contributed by atoms with Crippen molar-refractivity contribution in [1.29, 1.82) is 0 Å². The summed E-state index contributed by atoms with van der Waals surface area (Å²) in [4.78, 5) is 12.5. The van der Waals surface area contributed by atoms with Crippen LogP contribution in [0.2, 0.25) is 0 Å². The van der Waals surface area contributed by atoms with Gasteiger partial charge in [-0.1, -0.05) is 17.3 Å². The predicted octanol–water partition coefficient (Wildman–Crippen LogP) is 3.21. The average Bonchev–Trinajstić information content (AvgIpc) is 2.86. The Hall–Kier alpha value is -2.30. The number of benzene rings is 1. The highest BCUT2D eigenvalue weighted by Gasteiger charge is 2.29. The molecule has 0 unspecified atom stereocenters. The second kappa shape index (κ2) is 6.30. The Morgan fingerprint density at radius 2 is 2.12 bits per heavy atom. The lowest BCUT2D eigenvalue weighted by Gasteiger charge is -2.26. The molecule has 128 valence electrons. The first-order chi connectivity index (χ1) is 11.4. The molecule has 0 atom stereocenters. The number of hydrogen-bond acceptors (Lipinski definition) is 4. The molecule has 2 heterocycles. The SMILES string of the molecule is Cc1noc(C)c1C(C)(C)NC(=O)Cc1ccc2c(c1)CCCO2. The predicted molar refractivity (Wildman–Crippen MR) is 91.1 cm³/mol. The van der Waals surface area contributed by atoms with Crippen molar-refractivity contribution < 1.29 is 14.1 Å². The lowest BCUT2D eigenvalue weighted by molar-refractivity contribution is -0.122. The first-order valence-electron chi connectivity index (χ1n) is 8.36. The third-order valence-corrected chi connectivity index (χ3v) is 4.45. The van der Waals surface area contributed by atoms with E-state index < -0.39 is 5.54 Å². The zero-order valence-electron chi connectivity index (χ0n) is 14.7. The van der Waals surface area contributed by atoms with Crippen molar-refractivity contribution in [3.8, 4) is 5.75 Å². The molecule has 0 radical (unpaired) electrons. The van der Waals surface area contributed by atoms with Crippen LogP contribution >= 0.6 is 0 Å². The molecule has 24 heavy (non-hydrogen) atoms. The third kappa shape index (κ3) is 3.30. The number of carbonyl (C=O) groups is 1. The minimum atomic E-state index is -0.525. The zero-order valence-corrected chi connectivity index (χ0v) is 14.7. The summed E-state index contributed by atoms with van der Waals surface area (Å²) < 4.78 is 10.8. The van der Waals surface area contributed by atoms with Crippen LogP contribution in [-0.4, -0.2) is 17.7 Å². The monoisotopic (exact) mass is 328 g/mol. The van der Waals surface area contributed by atoms with Crippen LogP contribution < -0.4 is 10.1 Å². The number of amides is 1. The summed E-state index contributed by atoms with van der Waals surface area (Å²) in [5.74, 6) is 1.67. The van der Waals surface area contributed by atoms with Gasteiger partial charge in [0.25, 0.3) is 0 Å². The van der Waals surface area contributed by atoms with Gasteiger partial charge in [0.05, 0.1) is 24.3 Å². The van der Waals surface area contributed by atoms with E-state index in [-0.39, 0.29) is 5.91 Å². The summed E-state index contributed by atoms with van der Waals surface area (Å²) in [6.07, 6.45) is 2.39. The molecular weight excluding hydrogens is 304 g/mol. The number of hydrogen-bond donors (Lipinski definition) is 1. The Bertz CT molecular complexity index is 742. The van der Waals surface area contributed by atoms with Gasteiger partial charge in [-0.15, -0.1) is 0 Å². The van der Waals surface area contributed by atoms with E-state index in [1.807, 2.05) is 39.8 Å².